The second-order valence-electron chi connectivity index (χ2n) is 1.92. The summed E-state index contributed by atoms with van der Waals surface area (Å²) in [6.07, 6.45) is 2.28. The number of nitrogens with zero attached hydrogens (tertiary/aromatic N) is 1. The highest BCUT2D eigenvalue weighted by Gasteiger charge is 1.83. The van der Waals surface area contributed by atoms with E-state index < -0.39 is 0 Å². The zero-order valence-corrected chi connectivity index (χ0v) is 7.30. The van der Waals surface area contributed by atoms with Crippen LogP contribution in [0.1, 0.15) is 13.3 Å². The van der Waals surface area contributed by atoms with Gasteiger partial charge in [-0.15, -0.1) is 11.3 Å². The number of thiazole rings is 1. The number of nitrogens with two attached hydrogens (primary N) is 1. The summed E-state index contributed by atoms with van der Waals surface area (Å²) in [5, 5.41) is 1.93. The maximum atomic E-state index is 9.96. The van der Waals surface area contributed by atoms with E-state index in [-0.39, 0.29) is 5.78 Å². The van der Waals surface area contributed by atoms with E-state index in [0.717, 1.165) is 0 Å². The first-order valence-corrected chi connectivity index (χ1v) is 4.23. The van der Waals surface area contributed by atoms with E-state index in [1.807, 2.05) is 5.38 Å². The van der Waals surface area contributed by atoms with E-state index >= 15 is 0 Å². The van der Waals surface area contributed by atoms with Crippen molar-refractivity contribution in [3.05, 3.63) is 17.1 Å². The maximum absolute atomic E-state index is 9.96. The van der Waals surface area contributed by atoms with E-state index in [1.54, 1.807) is 23.0 Å². The molecule has 0 aromatic carbocycles. The highest BCUT2D eigenvalue weighted by molar-refractivity contribution is 7.07. The number of carbonyl (C=O) groups excluding carboxylic acids is 1. The van der Waals surface area contributed by atoms with Crippen LogP contribution in [-0.2, 0) is 4.79 Å². The minimum atomic E-state index is 0.164. The van der Waals surface area contributed by atoms with Crippen molar-refractivity contribution in [2.75, 3.05) is 6.54 Å². The normalized spacial score (nSPS) is 8.18. The molecule has 1 aromatic heterocycles. The van der Waals surface area contributed by atoms with Crippen LogP contribution < -0.4 is 5.73 Å². The number of aromatic nitrogens is 1. The Morgan fingerprint density at radius 2 is 2.45 bits per heavy atom. The van der Waals surface area contributed by atoms with Crippen molar-refractivity contribution < 1.29 is 4.79 Å². The number of carbonyl (C=O) groups is 1. The second kappa shape index (κ2) is 7.37. The number of ketones is 1. The summed E-state index contributed by atoms with van der Waals surface area (Å²) in [5.41, 5.74) is 6.80. The summed E-state index contributed by atoms with van der Waals surface area (Å²) in [7, 11) is 0. The van der Waals surface area contributed by atoms with E-state index in [2.05, 4.69) is 4.98 Å². The Balaban J connectivity index is 0.000000183. The number of Topliss-reactive ketones (excluding diaryl/α,β-unsaturated/α-hetero) is 1. The largest absolute Gasteiger partial charge is 0.330 e. The molecule has 0 aliphatic carbocycles. The molecule has 3 nitrogen and oxygen atoms in total. The first-order valence-electron chi connectivity index (χ1n) is 3.29. The van der Waals surface area contributed by atoms with Gasteiger partial charge in [0.2, 0.25) is 0 Å². The third-order valence-corrected chi connectivity index (χ3v) is 1.37. The molecule has 0 atom stereocenters. The Kier molecular flexibility index (Phi) is 6.87. The summed E-state index contributed by atoms with van der Waals surface area (Å²) in [6.45, 7) is 2.02. The van der Waals surface area contributed by atoms with Crippen molar-refractivity contribution >= 4 is 17.1 Å². The summed E-state index contributed by atoms with van der Waals surface area (Å²) < 4.78 is 0. The minimum Gasteiger partial charge on any atom is -0.330 e. The molecule has 2 N–H and O–H groups in total. The molecular formula is C7H12N2OS. The van der Waals surface area contributed by atoms with Gasteiger partial charge in [-0.05, 0) is 13.5 Å². The third kappa shape index (κ3) is 9.26. The van der Waals surface area contributed by atoms with Crippen LogP contribution in [0.4, 0.5) is 0 Å². The van der Waals surface area contributed by atoms with Gasteiger partial charge in [0.25, 0.3) is 0 Å². The summed E-state index contributed by atoms with van der Waals surface area (Å²) in [5.74, 6) is 0.164. The number of rotatable bonds is 2. The third-order valence-electron chi connectivity index (χ3n) is 0.844. The summed E-state index contributed by atoms with van der Waals surface area (Å²) in [4.78, 5) is 13.7. The van der Waals surface area contributed by atoms with Crippen molar-refractivity contribution in [2.24, 2.45) is 5.73 Å². The molecule has 11 heavy (non-hydrogen) atoms. The molecule has 1 heterocycles. The Bertz CT molecular complexity index is 157. The second-order valence-corrected chi connectivity index (χ2v) is 2.67. The van der Waals surface area contributed by atoms with Crippen LogP contribution in [0.25, 0.3) is 0 Å². The fraction of sp³-hybridized carbons (Fsp3) is 0.429. The molecule has 0 amide bonds. The summed E-state index contributed by atoms with van der Waals surface area (Å²) >= 11 is 1.60. The monoisotopic (exact) mass is 172 g/mol. The zero-order chi connectivity index (χ0) is 8.53. The van der Waals surface area contributed by atoms with Gasteiger partial charge in [0, 0.05) is 18.0 Å². The molecule has 0 bridgehead atoms. The lowest BCUT2D eigenvalue weighted by molar-refractivity contribution is -0.116. The topological polar surface area (TPSA) is 56.0 Å². The Hall–Kier alpha value is -0.740. The average molecular weight is 172 g/mol. The first-order chi connectivity index (χ1) is 5.27. The van der Waals surface area contributed by atoms with Gasteiger partial charge in [-0.1, -0.05) is 0 Å². The van der Waals surface area contributed by atoms with Crippen LogP contribution in [0.2, 0.25) is 0 Å². The molecule has 0 aliphatic rings. The van der Waals surface area contributed by atoms with Crippen LogP contribution in [-0.4, -0.2) is 17.3 Å². The van der Waals surface area contributed by atoms with Crippen molar-refractivity contribution in [3.63, 3.8) is 0 Å². The molecule has 4 heteroatoms. The molecule has 0 radical (unpaired) electrons. The van der Waals surface area contributed by atoms with E-state index in [4.69, 9.17) is 5.73 Å². The molecular weight excluding hydrogens is 160 g/mol. The molecule has 0 spiro atoms. The Labute approximate surface area is 70.3 Å². The van der Waals surface area contributed by atoms with Gasteiger partial charge in [-0.2, -0.15) is 0 Å². The van der Waals surface area contributed by atoms with Crippen molar-refractivity contribution in [1.82, 2.24) is 4.98 Å². The molecule has 1 aromatic rings. The smallest absolute Gasteiger partial charge is 0.131 e. The lowest BCUT2D eigenvalue weighted by atomic mass is 10.3. The Morgan fingerprint density at radius 3 is 2.55 bits per heavy atom. The van der Waals surface area contributed by atoms with Crippen molar-refractivity contribution in [3.8, 4) is 0 Å². The molecule has 0 fully saturated rings. The zero-order valence-electron chi connectivity index (χ0n) is 6.49. The molecule has 0 unspecified atom stereocenters. The van der Waals surface area contributed by atoms with Gasteiger partial charge in [0.15, 0.2) is 0 Å². The predicted molar refractivity (Wildman–Crippen MR) is 46.5 cm³/mol. The highest BCUT2D eigenvalue weighted by atomic mass is 32.1. The van der Waals surface area contributed by atoms with Gasteiger partial charge in [0.05, 0.1) is 5.51 Å². The predicted octanol–water partition coefficient (Wildman–Crippen LogP) is 1.07. The SMILES string of the molecule is CC(=O)CCN.c1cscn1. The first kappa shape index (κ1) is 10.3. The lowest BCUT2D eigenvalue weighted by Crippen LogP contribution is -2.03. The number of hydrogen-bond donors (Lipinski definition) is 1. The minimum absolute atomic E-state index is 0.164. The summed E-state index contributed by atoms with van der Waals surface area (Å²) in [6, 6.07) is 0. The van der Waals surface area contributed by atoms with Crippen molar-refractivity contribution in [2.45, 2.75) is 13.3 Å². The molecule has 0 saturated heterocycles. The van der Waals surface area contributed by atoms with Crippen LogP contribution in [0, 0.1) is 0 Å². The fourth-order valence-corrected chi connectivity index (χ4v) is 0.730. The van der Waals surface area contributed by atoms with E-state index in [9.17, 15) is 4.79 Å². The van der Waals surface area contributed by atoms with Gasteiger partial charge in [-0.3, -0.25) is 9.78 Å². The average Bonchev–Trinajstić information content (AvgIpc) is 2.41. The van der Waals surface area contributed by atoms with Crippen LogP contribution in [0.5, 0.6) is 0 Å². The van der Waals surface area contributed by atoms with Gasteiger partial charge in [-0.25, -0.2) is 0 Å². The van der Waals surface area contributed by atoms with Crippen LogP contribution in [0.15, 0.2) is 17.1 Å². The lowest BCUT2D eigenvalue weighted by Gasteiger charge is -1.81. The van der Waals surface area contributed by atoms with E-state index in [0.29, 0.717) is 13.0 Å². The van der Waals surface area contributed by atoms with Gasteiger partial charge in [0.1, 0.15) is 5.78 Å². The molecule has 0 saturated carbocycles. The van der Waals surface area contributed by atoms with E-state index in [1.165, 1.54) is 6.92 Å². The maximum Gasteiger partial charge on any atom is 0.131 e. The fourth-order valence-electron chi connectivity index (χ4n) is 0.379. The van der Waals surface area contributed by atoms with Crippen LogP contribution >= 0.6 is 11.3 Å². The molecule has 1 rings (SSSR count). The van der Waals surface area contributed by atoms with Gasteiger partial charge < -0.3 is 5.73 Å². The highest BCUT2D eigenvalue weighted by Crippen LogP contribution is 1.85. The van der Waals surface area contributed by atoms with Crippen molar-refractivity contribution in [1.29, 1.82) is 0 Å². The van der Waals surface area contributed by atoms with Crippen LogP contribution in [0.3, 0.4) is 0 Å². The van der Waals surface area contributed by atoms with Gasteiger partial charge >= 0.3 is 0 Å². The standard InChI is InChI=1S/C4H9NO.C3H3NS/c1-4(6)2-3-5;1-2-5-3-4-1/h2-3,5H2,1H3;1-3H. The Morgan fingerprint density at radius 1 is 1.73 bits per heavy atom. The number of hydrogen-bond acceptors (Lipinski definition) is 4. The quantitative estimate of drug-likeness (QED) is 0.726. The molecule has 62 valence electrons. The molecule has 0 aliphatic heterocycles.